The van der Waals surface area contributed by atoms with Gasteiger partial charge in [-0.15, -0.1) is 5.06 Å². The van der Waals surface area contributed by atoms with Crippen LogP contribution in [0.3, 0.4) is 0 Å². The van der Waals surface area contributed by atoms with E-state index in [1.807, 2.05) is 0 Å². The average Bonchev–Trinajstić information content (AvgIpc) is 2.67. The molecule has 1 fully saturated rings. The van der Waals surface area contributed by atoms with Crippen LogP contribution in [-0.4, -0.2) is 111 Å². The van der Waals surface area contributed by atoms with E-state index in [4.69, 9.17) is 9.57 Å². The minimum Gasteiger partial charge on any atom is -0.444 e. The summed E-state index contributed by atoms with van der Waals surface area (Å²) in [5.74, 6) is -0.767. The molecule has 0 saturated carbocycles. The minimum atomic E-state index is -1.60. The first-order chi connectivity index (χ1) is 15.0. The van der Waals surface area contributed by atoms with Crippen LogP contribution in [0.25, 0.3) is 0 Å². The Bertz CT molecular complexity index is 719. The molecule has 0 aromatic rings. The van der Waals surface area contributed by atoms with Gasteiger partial charge in [0.15, 0.2) is 0 Å². The smallest absolute Gasteiger partial charge is 0.444 e. The number of nitrogens with zero attached hydrogens (tertiary/aromatic N) is 3. The van der Waals surface area contributed by atoms with Crippen molar-refractivity contribution in [3.63, 3.8) is 0 Å². The van der Waals surface area contributed by atoms with E-state index in [1.54, 1.807) is 41.5 Å². The number of aliphatic imine (C=N–C) groups is 1. The van der Waals surface area contributed by atoms with Crippen molar-refractivity contribution in [3.05, 3.63) is 0 Å². The van der Waals surface area contributed by atoms with E-state index in [0.717, 1.165) is 9.96 Å². The fourth-order valence-corrected chi connectivity index (χ4v) is 3.25. The number of hydroxylamine groups is 2. The first-order valence-electron chi connectivity index (χ1n) is 10.4. The van der Waals surface area contributed by atoms with E-state index in [0.29, 0.717) is 0 Å². The number of likely N-dealkylation sites (tertiary alicyclic amines) is 1. The van der Waals surface area contributed by atoms with Crippen molar-refractivity contribution in [2.24, 2.45) is 10.4 Å². The molecule has 2 unspecified atom stereocenters. The Labute approximate surface area is 192 Å². The van der Waals surface area contributed by atoms with Crippen molar-refractivity contribution in [3.8, 4) is 0 Å². The van der Waals surface area contributed by atoms with Gasteiger partial charge in [0.2, 0.25) is 5.91 Å². The summed E-state index contributed by atoms with van der Waals surface area (Å²) in [5, 5.41) is 43.1. The lowest BCUT2D eigenvalue weighted by Crippen LogP contribution is -2.66. The second-order valence-corrected chi connectivity index (χ2v) is 9.85. The molecule has 0 aromatic heterocycles. The van der Waals surface area contributed by atoms with E-state index in [9.17, 15) is 34.8 Å². The van der Waals surface area contributed by atoms with E-state index >= 15 is 0 Å². The van der Waals surface area contributed by atoms with E-state index in [2.05, 4.69) is 17.0 Å². The van der Waals surface area contributed by atoms with Crippen LogP contribution in [-0.2, 0) is 14.4 Å². The summed E-state index contributed by atoms with van der Waals surface area (Å²) in [4.78, 5) is 46.6. The van der Waals surface area contributed by atoms with Crippen molar-refractivity contribution >= 4 is 24.8 Å². The van der Waals surface area contributed by atoms with Crippen molar-refractivity contribution in [2.75, 3.05) is 19.7 Å². The Morgan fingerprint density at radius 3 is 2.18 bits per heavy atom. The molecular formula is C20H36N4O9. The van der Waals surface area contributed by atoms with E-state index < -0.39 is 72.8 Å². The maximum atomic E-state index is 13.1. The third kappa shape index (κ3) is 8.19. The fourth-order valence-electron chi connectivity index (χ4n) is 3.25. The highest BCUT2D eigenvalue weighted by atomic mass is 16.7. The molecule has 1 aliphatic heterocycles. The van der Waals surface area contributed by atoms with Crippen molar-refractivity contribution < 1.29 is 44.4 Å². The lowest BCUT2D eigenvalue weighted by atomic mass is 9.91. The lowest BCUT2D eigenvalue weighted by molar-refractivity contribution is -0.188. The molecule has 3 amide bonds. The number of aliphatic hydroxyl groups is 4. The molecule has 13 nitrogen and oxygen atoms in total. The zero-order valence-corrected chi connectivity index (χ0v) is 19.9. The van der Waals surface area contributed by atoms with Gasteiger partial charge >= 0.3 is 12.2 Å². The molecule has 0 bridgehead atoms. The number of β-amino-alcohol motifs (C(OH)–C–C–N with tert-alkyl or cyclic N) is 1. The van der Waals surface area contributed by atoms with Gasteiger partial charge in [0.1, 0.15) is 36.6 Å². The number of hydrogen-bond donors (Lipinski definition) is 5. The molecule has 5 atom stereocenters. The highest BCUT2D eigenvalue weighted by Gasteiger charge is 2.45. The zero-order chi connectivity index (χ0) is 25.7. The number of hydrogen-bond acceptors (Lipinski definition) is 10. The van der Waals surface area contributed by atoms with Gasteiger partial charge in [-0.25, -0.2) is 9.59 Å². The quantitative estimate of drug-likeness (QED) is 0.185. The van der Waals surface area contributed by atoms with E-state index in [1.165, 1.54) is 0 Å². The first kappa shape index (κ1) is 28.7. The molecule has 190 valence electrons. The lowest BCUT2D eigenvalue weighted by Gasteiger charge is -2.44. The number of aliphatic hydroxyl groups excluding tert-OH is 4. The number of amides is 3. The number of carbonyl (C=O) groups excluding carboxylic acids is 3. The first-order valence-corrected chi connectivity index (χ1v) is 10.4. The van der Waals surface area contributed by atoms with Crippen LogP contribution in [0.2, 0.25) is 0 Å². The normalized spacial score (nSPS) is 24.8. The van der Waals surface area contributed by atoms with Crippen LogP contribution in [0.1, 0.15) is 41.5 Å². The standard InChI is InChI=1S/C20H36N4O9/c1-19(2,3)16(22-18(31)32-20(4,5)6)24(33-17(30)21-7)9-13(27)23-8-12(26)15(29)14(28)11(23)10-25/h11-12,14-16,25-26,28-29H,7-10H2,1-6H3,(H,22,31)/t11?,12-,14-,15+,16?/m0/s1. The molecule has 33 heavy (non-hydrogen) atoms. The minimum absolute atomic E-state index is 0.385. The average molecular weight is 477 g/mol. The van der Waals surface area contributed by atoms with Gasteiger partial charge in [-0.2, -0.15) is 4.99 Å². The van der Waals surface area contributed by atoms with Gasteiger partial charge in [-0.05, 0) is 32.9 Å². The predicted octanol–water partition coefficient (Wildman–Crippen LogP) is -0.777. The van der Waals surface area contributed by atoms with Crippen LogP contribution < -0.4 is 5.32 Å². The predicted molar refractivity (Wildman–Crippen MR) is 116 cm³/mol. The van der Waals surface area contributed by atoms with Crippen molar-refractivity contribution in [2.45, 2.75) is 77.7 Å². The molecule has 13 heteroatoms. The summed E-state index contributed by atoms with van der Waals surface area (Å²) >= 11 is 0. The van der Waals surface area contributed by atoms with Gasteiger partial charge in [0, 0.05) is 6.54 Å². The van der Waals surface area contributed by atoms with Gasteiger partial charge in [0.25, 0.3) is 0 Å². The topological polar surface area (TPSA) is 181 Å². The summed E-state index contributed by atoms with van der Waals surface area (Å²) in [6.45, 7) is 11.5. The Kier molecular flexibility index (Phi) is 9.75. The molecule has 0 aromatic carbocycles. The summed E-state index contributed by atoms with van der Waals surface area (Å²) in [6.07, 6.45) is -7.68. The molecule has 0 radical (unpaired) electrons. The summed E-state index contributed by atoms with van der Waals surface area (Å²) in [7, 11) is 0. The Morgan fingerprint density at radius 2 is 1.73 bits per heavy atom. The maximum Gasteiger partial charge on any atom is 0.452 e. The van der Waals surface area contributed by atoms with Crippen LogP contribution >= 0.6 is 0 Å². The molecule has 5 N–H and O–H groups in total. The fraction of sp³-hybridized carbons (Fsp3) is 0.800. The monoisotopic (exact) mass is 476 g/mol. The maximum absolute atomic E-state index is 13.1. The SMILES string of the molecule is C=NC(=O)ON(CC(=O)N1C[C@H](O)[C@@H](O)[C@@H](O)C1CO)C(NC(=O)OC(C)(C)C)C(C)(C)C. The highest BCUT2D eigenvalue weighted by molar-refractivity contribution is 5.79. The van der Waals surface area contributed by atoms with Crippen LogP contribution in [0.15, 0.2) is 4.99 Å². The molecular weight excluding hydrogens is 440 g/mol. The Balaban J connectivity index is 3.22. The van der Waals surface area contributed by atoms with Crippen LogP contribution in [0.4, 0.5) is 9.59 Å². The summed E-state index contributed by atoms with van der Waals surface area (Å²) in [5.41, 5.74) is -1.62. The van der Waals surface area contributed by atoms with Gasteiger partial charge in [-0.1, -0.05) is 20.8 Å². The van der Waals surface area contributed by atoms with Gasteiger partial charge < -0.3 is 40.2 Å². The van der Waals surface area contributed by atoms with Gasteiger partial charge in [0.05, 0.1) is 12.6 Å². The molecule has 1 saturated heterocycles. The molecule has 1 rings (SSSR count). The molecule has 1 aliphatic rings. The molecule has 1 heterocycles. The summed E-state index contributed by atoms with van der Waals surface area (Å²) < 4.78 is 5.27. The van der Waals surface area contributed by atoms with Gasteiger partial charge in [-0.3, -0.25) is 4.79 Å². The third-order valence-corrected chi connectivity index (χ3v) is 4.81. The number of nitrogens with one attached hydrogen (secondary N) is 1. The second kappa shape index (κ2) is 11.2. The number of rotatable bonds is 6. The zero-order valence-electron chi connectivity index (χ0n) is 19.9. The number of ether oxygens (including phenoxy) is 1. The van der Waals surface area contributed by atoms with Crippen LogP contribution in [0.5, 0.6) is 0 Å². The summed E-state index contributed by atoms with van der Waals surface area (Å²) in [6, 6.07) is -1.21. The second-order valence-electron chi connectivity index (χ2n) is 9.85. The molecule has 0 aliphatic carbocycles. The van der Waals surface area contributed by atoms with Crippen LogP contribution in [0, 0.1) is 5.41 Å². The number of carbonyl (C=O) groups is 3. The van der Waals surface area contributed by atoms with Crippen molar-refractivity contribution in [1.29, 1.82) is 0 Å². The van der Waals surface area contributed by atoms with E-state index in [-0.39, 0.29) is 6.54 Å². The highest BCUT2D eigenvalue weighted by Crippen LogP contribution is 2.25. The van der Waals surface area contributed by atoms with Crippen molar-refractivity contribution in [1.82, 2.24) is 15.3 Å². The Hall–Kier alpha value is -2.32. The largest absolute Gasteiger partial charge is 0.452 e. The number of alkyl carbamates (subject to hydrolysis) is 1. The number of piperidine rings is 1. The third-order valence-electron chi connectivity index (χ3n) is 4.81. The molecule has 0 spiro atoms. The Morgan fingerprint density at radius 1 is 1.15 bits per heavy atom.